The zero-order valence-electron chi connectivity index (χ0n) is 17.6. The van der Waals surface area contributed by atoms with Gasteiger partial charge >= 0.3 is 0 Å². The second-order valence-corrected chi connectivity index (χ2v) is 9.12. The number of nitrogens with one attached hydrogen (secondary N) is 2. The molecule has 5 atom stereocenters. The van der Waals surface area contributed by atoms with Crippen molar-refractivity contribution >= 4 is 17.5 Å². The first-order valence-electron chi connectivity index (χ1n) is 10.2. The van der Waals surface area contributed by atoms with Crippen LogP contribution in [0.1, 0.15) is 40.0 Å². The molecule has 1 aromatic carbocycles. The lowest BCUT2D eigenvalue weighted by atomic mass is 9.70. The van der Waals surface area contributed by atoms with E-state index in [-0.39, 0.29) is 35.0 Å². The maximum absolute atomic E-state index is 12.6. The van der Waals surface area contributed by atoms with Gasteiger partial charge < -0.3 is 25.6 Å². The van der Waals surface area contributed by atoms with Crippen LogP contribution in [0, 0.1) is 22.7 Å². The minimum absolute atomic E-state index is 0.0283. The Morgan fingerprint density at radius 1 is 1.24 bits per heavy atom. The summed E-state index contributed by atoms with van der Waals surface area (Å²) in [5.74, 6) is -0.0190. The number of aliphatic hydroxyl groups is 2. The minimum Gasteiger partial charge on any atom is -0.497 e. The maximum Gasteiger partial charge on any atom is 0.249 e. The Balaban J connectivity index is 1.59. The van der Waals surface area contributed by atoms with Gasteiger partial charge in [-0.15, -0.1) is 0 Å². The maximum atomic E-state index is 12.6. The average Bonchev–Trinajstić information content (AvgIpc) is 3.00. The van der Waals surface area contributed by atoms with Gasteiger partial charge in [0.2, 0.25) is 11.8 Å². The normalized spacial score (nSPS) is 30.6. The molecule has 29 heavy (non-hydrogen) atoms. The molecule has 2 saturated carbocycles. The number of rotatable bonds is 7. The standard InChI is InChI=1S/C22H32N2O5/c1-21(2)16-9-10-22(21,3)19(27)15(16)11-18(26)24-17(12-25)20(28)23-13-5-7-14(29-4)8-6-13/h5-8,15-17,19,25,27H,9-12H2,1-4H3,(H,23,28)(H,24,26). The van der Waals surface area contributed by atoms with Crippen molar-refractivity contribution in [1.82, 2.24) is 5.32 Å². The second kappa shape index (κ2) is 7.95. The Morgan fingerprint density at radius 2 is 1.90 bits per heavy atom. The van der Waals surface area contributed by atoms with Crippen molar-refractivity contribution in [2.24, 2.45) is 22.7 Å². The van der Waals surface area contributed by atoms with Crippen molar-refractivity contribution in [2.75, 3.05) is 19.0 Å². The van der Waals surface area contributed by atoms with Gasteiger partial charge in [0.15, 0.2) is 0 Å². The van der Waals surface area contributed by atoms with Crippen LogP contribution >= 0.6 is 0 Å². The molecule has 0 spiro atoms. The molecule has 4 N–H and O–H groups in total. The SMILES string of the molecule is COc1ccc(NC(=O)C(CO)NC(=O)CC2C3CCC(C)(C2O)C3(C)C)cc1. The van der Waals surface area contributed by atoms with Crippen LogP contribution in [0.3, 0.4) is 0 Å². The molecule has 0 radical (unpaired) electrons. The van der Waals surface area contributed by atoms with E-state index in [0.29, 0.717) is 11.4 Å². The Hall–Kier alpha value is -2.12. The van der Waals surface area contributed by atoms with Crippen molar-refractivity contribution in [3.8, 4) is 5.75 Å². The molecule has 2 aliphatic rings. The van der Waals surface area contributed by atoms with Crippen LogP contribution in [0.4, 0.5) is 5.69 Å². The lowest BCUT2D eigenvalue weighted by Crippen LogP contribution is -2.47. The summed E-state index contributed by atoms with van der Waals surface area (Å²) in [7, 11) is 1.56. The van der Waals surface area contributed by atoms with Crippen molar-refractivity contribution in [2.45, 2.75) is 52.2 Å². The molecule has 0 saturated heterocycles. The second-order valence-electron chi connectivity index (χ2n) is 9.12. The van der Waals surface area contributed by atoms with Gasteiger partial charge in [-0.2, -0.15) is 0 Å². The Kier molecular flexibility index (Phi) is 5.92. The summed E-state index contributed by atoms with van der Waals surface area (Å²) in [6, 6.07) is 5.73. The van der Waals surface area contributed by atoms with Gasteiger partial charge in [-0.3, -0.25) is 9.59 Å². The number of hydrogen-bond acceptors (Lipinski definition) is 5. The first-order valence-corrected chi connectivity index (χ1v) is 10.2. The number of amides is 2. The Morgan fingerprint density at radius 3 is 2.41 bits per heavy atom. The largest absolute Gasteiger partial charge is 0.497 e. The smallest absolute Gasteiger partial charge is 0.249 e. The first kappa shape index (κ1) is 21.6. The summed E-state index contributed by atoms with van der Waals surface area (Å²) in [4.78, 5) is 25.1. The molecule has 2 aliphatic carbocycles. The molecule has 0 aliphatic heterocycles. The summed E-state index contributed by atoms with van der Waals surface area (Å²) < 4.78 is 5.08. The monoisotopic (exact) mass is 404 g/mol. The van der Waals surface area contributed by atoms with Crippen molar-refractivity contribution in [3.05, 3.63) is 24.3 Å². The van der Waals surface area contributed by atoms with Gasteiger partial charge in [0.05, 0.1) is 19.8 Å². The number of aliphatic hydroxyl groups excluding tert-OH is 2. The van der Waals surface area contributed by atoms with Crippen LogP contribution in [0.25, 0.3) is 0 Å². The minimum atomic E-state index is -1.05. The van der Waals surface area contributed by atoms with Gasteiger partial charge in [0.25, 0.3) is 0 Å². The average molecular weight is 405 g/mol. The van der Waals surface area contributed by atoms with Gasteiger partial charge in [0, 0.05) is 12.1 Å². The van der Waals surface area contributed by atoms with Crippen molar-refractivity contribution < 1.29 is 24.5 Å². The fraction of sp³-hybridized carbons (Fsp3) is 0.636. The number of benzene rings is 1. The van der Waals surface area contributed by atoms with Crippen LogP contribution in [0.15, 0.2) is 24.3 Å². The zero-order chi connectivity index (χ0) is 21.4. The zero-order valence-corrected chi connectivity index (χ0v) is 17.6. The van der Waals surface area contributed by atoms with Gasteiger partial charge in [-0.25, -0.2) is 0 Å². The van der Waals surface area contributed by atoms with E-state index in [1.807, 2.05) is 0 Å². The van der Waals surface area contributed by atoms with E-state index in [9.17, 15) is 19.8 Å². The molecule has 3 rings (SSSR count). The molecule has 2 fully saturated rings. The Labute approximate surface area is 171 Å². The van der Waals surface area contributed by atoms with Crippen molar-refractivity contribution in [1.29, 1.82) is 0 Å². The van der Waals surface area contributed by atoms with Gasteiger partial charge in [0.1, 0.15) is 11.8 Å². The molecule has 7 heteroatoms. The van der Waals surface area contributed by atoms with Crippen LogP contribution < -0.4 is 15.4 Å². The van der Waals surface area contributed by atoms with E-state index in [0.717, 1.165) is 12.8 Å². The predicted molar refractivity (Wildman–Crippen MR) is 109 cm³/mol. The molecule has 0 heterocycles. The van der Waals surface area contributed by atoms with E-state index in [1.54, 1.807) is 31.4 Å². The summed E-state index contributed by atoms with van der Waals surface area (Å²) in [6.45, 7) is 5.94. The third-order valence-corrected chi connectivity index (χ3v) is 7.56. The van der Waals surface area contributed by atoms with E-state index in [1.165, 1.54) is 0 Å². The molecule has 1 aromatic rings. The third kappa shape index (κ3) is 3.73. The third-order valence-electron chi connectivity index (χ3n) is 7.56. The molecule has 7 nitrogen and oxygen atoms in total. The van der Waals surface area contributed by atoms with E-state index in [2.05, 4.69) is 31.4 Å². The molecule has 0 aromatic heterocycles. The highest BCUT2D eigenvalue weighted by Crippen LogP contribution is 2.68. The number of carbonyl (C=O) groups is 2. The van der Waals surface area contributed by atoms with Gasteiger partial charge in [-0.05, 0) is 59.8 Å². The quantitative estimate of drug-likeness (QED) is 0.555. The van der Waals surface area contributed by atoms with Crippen LogP contribution in [0.2, 0.25) is 0 Å². The summed E-state index contributed by atoms with van der Waals surface area (Å²) in [6.07, 6.45) is 1.58. The van der Waals surface area contributed by atoms with E-state index in [4.69, 9.17) is 4.74 Å². The summed E-state index contributed by atoms with van der Waals surface area (Å²) >= 11 is 0. The molecule has 2 bridgehead atoms. The number of ether oxygens (including phenoxy) is 1. The lowest BCUT2D eigenvalue weighted by Gasteiger charge is -2.37. The molecule has 2 amide bonds. The summed E-state index contributed by atoms with van der Waals surface area (Å²) in [5, 5.41) is 25.7. The lowest BCUT2D eigenvalue weighted by molar-refractivity contribution is -0.129. The van der Waals surface area contributed by atoms with E-state index >= 15 is 0 Å². The van der Waals surface area contributed by atoms with Crippen LogP contribution in [-0.4, -0.2) is 47.9 Å². The number of anilines is 1. The number of fused-ring (bicyclic) bond motifs is 2. The molecular formula is C22H32N2O5. The molecular weight excluding hydrogens is 372 g/mol. The first-order chi connectivity index (χ1) is 13.6. The summed E-state index contributed by atoms with van der Waals surface area (Å²) in [5.41, 5.74) is 0.325. The van der Waals surface area contributed by atoms with Crippen LogP contribution in [-0.2, 0) is 9.59 Å². The number of methoxy groups -OCH3 is 1. The fourth-order valence-electron chi connectivity index (χ4n) is 5.35. The number of carbonyl (C=O) groups excluding carboxylic acids is 2. The molecule has 5 unspecified atom stereocenters. The topological polar surface area (TPSA) is 108 Å². The Bertz CT molecular complexity index is 763. The highest BCUT2D eigenvalue weighted by Gasteiger charge is 2.65. The molecule has 160 valence electrons. The van der Waals surface area contributed by atoms with Crippen molar-refractivity contribution in [3.63, 3.8) is 0 Å². The fourth-order valence-corrected chi connectivity index (χ4v) is 5.35. The van der Waals surface area contributed by atoms with E-state index < -0.39 is 24.7 Å². The predicted octanol–water partition coefficient (Wildman–Crippen LogP) is 1.93. The number of hydrogen-bond donors (Lipinski definition) is 4. The van der Waals surface area contributed by atoms with Gasteiger partial charge in [-0.1, -0.05) is 20.8 Å². The highest BCUT2D eigenvalue weighted by atomic mass is 16.5. The highest BCUT2D eigenvalue weighted by molar-refractivity contribution is 5.97. The van der Waals surface area contributed by atoms with Crippen LogP contribution in [0.5, 0.6) is 5.75 Å².